The zero-order chi connectivity index (χ0) is 15.3. The van der Waals surface area contributed by atoms with Gasteiger partial charge in [-0.05, 0) is 38.0 Å². The van der Waals surface area contributed by atoms with Crippen molar-refractivity contribution in [3.8, 4) is 11.5 Å². The quantitative estimate of drug-likeness (QED) is 0.788. The number of methoxy groups -OCH3 is 1. The van der Waals surface area contributed by atoms with Gasteiger partial charge in [-0.25, -0.2) is 0 Å². The number of carbonyl (C=O) groups is 1. The molecule has 3 heteroatoms. The van der Waals surface area contributed by atoms with Crippen LogP contribution >= 0.6 is 0 Å². The highest BCUT2D eigenvalue weighted by atomic mass is 16.5. The maximum atomic E-state index is 11.9. The molecule has 0 aliphatic heterocycles. The third kappa shape index (κ3) is 4.87. The minimum Gasteiger partial charge on any atom is -0.493 e. The number of ether oxygens (including phenoxy) is 2. The van der Waals surface area contributed by atoms with E-state index in [4.69, 9.17) is 9.47 Å². The van der Waals surface area contributed by atoms with Gasteiger partial charge >= 0.3 is 0 Å². The van der Waals surface area contributed by atoms with Crippen molar-refractivity contribution in [3.05, 3.63) is 23.8 Å². The summed E-state index contributed by atoms with van der Waals surface area (Å²) in [6.07, 6.45) is 1.39. The fraction of sp³-hybridized carbons (Fsp3) is 0.588. The molecule has 0 aromatic heterocycles. The van der Waals surface area contributed by atoms with E-state index in [1.807, 2.05) is 52.8 Å². The highest BCUT2D eigenvalue weighted by Crippen LogP contribution is 2.29. The number of rotatable bonds is 6. The molecule has 3 nitrogen and oxygen atoms in total. The number of aryl methyl sites for hydroxylation is 1. The van der Waals surface area contributed by atoms with Crippen LogP contribution in [0.25, 0.3) is 0 Å². The molecule has 112 valence electrons. The van der Waals surface area contributed by atoms with Gasteiger partial charge in [-0.3, -0.25) is 4.79 Å². The third-order valence-corrected chi connectivity index (χ3v) is 3.07. The SMILES string of the molecule is COc1cc(CCC(=O)C(C)(C)C)ccc1OC(C)C. The number of hydrogen-bond acceptors (Lipinski definition) is 3. The summed E-state index contributed by atoms with van der Waals surface area (Å²) < 4.78 is 11.0. The number of ketones is 1. The maximum Gasteiger partial charge on any atom is 0.161 e. The van der Waals surface area contributed by atoms with E-state index in [2.05, 4.69) is 0 Å². The summed E-state index contributed by atoms with van der Waals surface area (Å²) in [4.78, 5) is 11.9. The molecule has 0 atom stereocenters. The molecule has 0 saturated heterocycles. The summed E-state index contributed by atoms with van der Waals surface area (Å²) in [6, 6.07) is 5.86. The molecule has 1 aromatic carbocycles. The number of carbonyl (C=O) groups excluding carboxylic acids is 1. The summed E-state index contributed by atoms with van der Waals surface area (Å²) in [5.41, 5.74) is 0.820. The van der Waals surface area contributed by atoms with Crippen LogP contribution in [-0.2, 0) is 11.2 Å². The van der Waals surface area contributed by atoms with E-state index in [-0.39, 0.29) is 17.3 Å². The highest BCUT2D eigenvalue weighted by molar-refractivity contribution is 5.83. The van der Waals surface area contributed by atoms with E-state index in [1.54, 1.807) is 7.11 Å². The molecule has 0 fully saturated rings. The molecule has 0 unspecified atom stereocenters. The second-order valence-electron chi connectivity index (χ2n) is 6.32. The van der Waals surface area contributed by atoms with Crippen molar-refractivity contribution >= 4 is 5.78 Å². The Morgan fingerprint density at radius 3 is 2.35 bits per heavy atom. The van der Waals surface area contributed by atoms with Gasteiger partial charge in [0.1, 0.15) is 5.78 Å². The van der Waals surface area contributed by atoms with Crippen molar-refractivity contribution in [1.82, 2.24) is 0 Å². The van der Waals surface area contributed by atoms with Crippen molar-refractivity contribution in [2.24, 2.45) is 5.41 Å². The minimum atomic E-state index is -0.273. The van der Waals surface area contributed by atoms with Gasteiger partial charge in [-0.1, -0.05) is 26.8 Å². The van der Waals surface area contributed by atoms with Crippen LogP contribution in [0.3, 0.4) is 0 Å². The Hall–Kier alpha value is -1.51. The Balaban J connectivity index is 2.76. The molecule has 20 heavy (non-hydrogen) atoms. The molecule has 0 spiro atoms. The first-order valence-corrected chi connectivity index (χ1v) is 7.11. The van der Waals surface area contributed by atoms with Gasteiger partial charge in [0.15, 0.2) is 11.5 Å². The topological polar surface area (TPSA) is 35.5 Å². The molecule has 0 aliphatic rings. The van der Waals surface area contributed by atoms with Gasteiger partial charge < -0.3 is 9.47 Å². The molecule has 0 N–H and O–H groups in total. The van der Waals surface area contributed by atoms with Crippen molar-refractivity contribution < 1.29 is 14.3 Å². The lowest BCUT2D eigenvalue weighted by Gasteiger charge is -2.17. The Morgan fingerprint density at radius 1 is 1.20 bits per heavy atom. The van der Waals surface area contributed by atoms with Crippen LogP contribution in [0, 0.1) is 5.41 Å². The molecule has 1 aromatic rings. The lowest BCUT2D eigenvalue weighted by Crippen LogP contribution is -2.20. The average Bonchev–Trinajstić information content (AvgIpc) is 2.35. The van der Waals surface area contributed by atoms with Gasteiger partial charge in [-0.15, -0.1) is 0 Å². The first-order chi connectivity index (χ1) is 9.24. The Bertz CT molecular complexity index is 456. The van der Waals surface area contributed by atoms with Gasteiger partial charge in [0.05, 0.1) is 13.2 Å². The predicted octanol–water partition coefficient (Wildman–Crippen LogP) is 4.03. The van der Waals surface area contributed by atoms with Gasteiger partial charge in [0.25, 0.3) is 0 Å². The molecule has 0 radical (unpaired) electrons. The first-order valence-electron chi connectivity index (χ1n) is 7.11. The fourth-order valence-electron chi connectivity index (χ4n) is 1.85. The Labute approximate surface area is 122 Å². The van der Waals surface area contributed by atoms with Crippen LogP contribution in [0.4, 0.5) is 0 Å². The van der Waals surface area contributed by atoms with Crippen molar-refractivity contribution in [3.63, 3.8) is 0 Å². The van der Waals surface area contributed by atoms with E-state index in [9.17, 15) is 4.79 Å². The Kier molecular flexibility index (Phi) is 5.61. The lowest BCUT2D eigenvalue weighted by molar-refractivity contribution is -0.126. The van der Waals surface area contributed by atoms with Gasteiger partial charge in [0.2, 0.25) is 0 Å². The maximum absolute atomic E-state index is 11.9. The van der Waals surface area contributed by atoms with Crippen LogP contribution < -0.4 is 9.47 Å². The highest BCUT2D eigenvalue weighted by Gasteiger charge is 2.20. The molecule has 0 saturated carbocycles. The summed E-state index contributed by atoms with van der Waals surface area (Å²) in [5.74, 6) is 1.74. The molecule has 1 rings (SSSR count). The minimum absolute atomic E-state index is 0.109. The Morgan fingerprint density at radius 2 is 1.85 bits per heavy atom. The molecule has 0 heterocycles. The molecule has 0 bridgehead atoms. The molecular formula is C17H26O3. The van der Waals surface area contributed by atoms with E-state index in [1.165, 1.54) is 0 Å². The molecule has 0 aliphatic carbocycles. The average molecular weight is 278 g/mol. The summed E-state index contributed by atoms with van der Waals surface area (Å²) >= 11 is 0. The van der Waals surface area contributed by atoms with Crippen molar-refractivity contribution in [2.45, 2.75) is 53.6 Å². The van der Waals surface area contributed by atoms with Crippen molar-refractivity contribution in [1.29, 1.82) is 0 Å². The monoisotopic (exact) mass is 278 g/mol. The summed E-state index contributed by atoms with van der Waals surface area (Å²) in [5, 5.41) is 0. The lowest BCUT2D eigenvalue weighted by atomic mass is 9.87. The predicted molar refractivity (Wildman–Crippen MR) is 81.5 cm³/mol. The van der Waals surface area contributed by atoms with Crippen molar-refractivity contribution in [2.75, 3.05) is 7.11 Å². The van der Waals surface area contributed by atoms with Crippen LogP contribution in [0.15, 0.2) is 18.2 Å². The van der Waals surface area contributed by atoms with E-state index in [0.29, 0.717) is 6.42 Å². The zero-order valence-corrected chi connectivity index (χ0v) is 13.4. The van der Waals surface area contributed by atoms with E-state index in [0.717, 1.165) is 23.5 Å². The smallest absolute Gasteiger partial charge is 0.161 e. The van der Waals surface area contributed by atoms with Crippen LogP contribution in [0.1, 0.15) is 46.6 Å². The second-order valence-corrected chi connectivity index (χ2v) is 6.32. The number of Topliss-reactive ketones (excluding diaryl/α,β-unsaturated/α-hetero) is 1. The fourth-order valence-corrected chi connectivity index (χ4v) is 1.85. The number of benzene rings is 1. The standard InChI is InChI=1S/C17H26O3/c1-12(2)20-14-9-7-13(11-15(14)19-6)8-10-16(18)17(3,4)5/h7,9,11-12H,8,10H2,1-6H3. The number of hydrogen-bond donors (Lipinski definition) is 0. The van der Waals surface area contributed by atoms with Gasteiger partial charge in [0, 0.05) is 11.8 Å². The molecular weight excluding hydrogens is 252 g/mol. The van der Waals surface area contributed by atoms with Crippen LogP contribution in [0.5, 0.6) is 11.5 Å². The summed E-state index contributed by atoms with van der Waals surface area (Å²) in [6.45, 7) is 9.82. The largest absolute Gasteiger partial charge is 0.493 e. The second kappa shape index (κ2) is 6.78. The van der Waals surface area contributed by atoms with Crippen LogP contribution in [-0.4, -0.2) is 19.0 Å². The zero-order valence-electron chi connectivity index (χ0n) is 13.4. The van der Waals surface area contributed by atoms with E-state index >= 15 is 0 Å². The van der Waals surface area contributed by atoms with E-state index < -0.39 is 0 Å². The molecule has 0 amide bonds. The third-order valence-electron chi connectivity index (χ3n) is 3.07. The normalized spacial score (nSPS) is 11.6. The summed E-state index contributed by atoms with van der Waals surface area (Å²) in [7, 11) is 1.63. The first kappa shape index (κ1) is 16.5. The van der Waals surface area contributed by atoms with Gasteiger partial charge in [-0.2, -0.15) is 0 Å². The van der Waals surface area contributed by atoms with Crippen LogP contribution in [0.2, 0.25) is 0 Å².